The molecular formula is C12H15F3O3. The molecule has 1 aromatic rings. The number of aliphatic hydroxyl groups excluding tert-OH is 3. The molecule has 0 amide bonds. The third kappa shape index (κ3) is 3.44. The van der Waals surface area contributed by atoms with Crippen LogP contribution in [0.15, 0.2) is 18.2 Å². The molecule has 2 atom stereocenters. The van der Waals surface area contributed by atoms with E-state index in [4.69, 9.17) is 5.11 Å². The van der Waals surface area contributed by atoms with Gasteiger partial charge in [-0.3, -0.25) is 0 Å². The van der Waals surface area contributed by atoms with Crippen molar-refractivity contribution in [2.45, 2.75) is 31.7 Å². The molecule has 0 saturated carbocycles. The van der Waals surface area contributed by atoms with Crippen LogP contribution in [0.3, 0.4) is 0 Å². The summed E-state index contributed by atoms with van der Waals surface area (Å²) in [6.45, 7) is 1.20. The van der Waals surface area contributed by atoms with E-state index in [1.165, 1.54) is 6.07 Å². The van der Waals surface area contributed by atoms with Crippen LogP contribution in [0.5, 0.6) is 0 Å². The number of hydrogen-bond acceptors (Lipinski definition) is 3. The largest absolute Gasteiger partial charge is 0.416 e. The van der Waals surface area contributed by atoms with Gasteiger partial charge in [-0.15, -0.1) is 0 Å². The van der Waals surface area contributed by atoms with Crippen LogP contribution in [-0.2, 0) is 6.18 Å². The normalized spacial score (nSPS) is 15.5. The average molecular weight is 264 g/mol. The maximum absolute atomic E-state index is 12.5. The molecular weight excluding hydrogens is 249 g/mol. The molecule has 0 aliphatic heterocycles. The lowest BCUT2D eigenvalue weighted by atomic mass is 9.96. The highest BCUT2D eigenvalue weighted by molar-refractivity contribution is 5.34. The predicted octanol–water partition coefficient (Wildman–Crippen LogP) is 1.79. The fourth-order valence-electron chi connectivity index (χ4n) is 1.63. The van der Waals surface area contributed by atoms with Crippen molar-refractivity contribution in [1.29, 1.82) is 0 Å². The second-order valence-electron chi connectivity index (χ2n) is 4.09. The molecule has 6 heteroatoms. The molecule has 102 valence electrons. The number of halogens is 3. The van der Waals surface area contributed by atoms with E-state index < -0.39 is 23.9 Å². The van der Waals surface area contributed by atoms with Crippen molar-refractivity contribution in [3.8, 4) is 0 Å². The Kier molecular flexibility index (Phi) is 4.72. The molecule has 0 spiro atoms. The summed E-state index contributed by atoms with van der Waals surface area (Å²) in [4.78, 5) is 0. The second-order valence-corrected chi connectivity index (χ2v) is 4.09. The lowest BCUT2D eigenvalue weighted by Crippen LogP contribution is -2.21. The van der Waals surface area contributed by atoms with Crippen molar-refractivity contribution in [3.63, 3.8) is 0 Å². The summed E-state index contributed by atoms with van der Waals surface area (Å²) in [5, 5.41) is 27.9. The highest BCUT2D eigenvalue weighted by Crippen LogP contribution is 2.33. The highest BCUT2D eigenvalue weighted by atomic mass is 19.4. The molecule has 0 heterocycles. The summed E-state index contributed by atoms with van der Waals surface area (Å²) in [5.41, 5.74) is -0.406. The maximum Gasteiger partial charge on any atom is 0.416 e. The van der Waals surface area contributed by atoms with Gasteiger partial charge in [0, 0.05) is 6.61 Å². The standard InChI is InChI=1S/C12H15F3O3/c1-7-2-3-8(12(13,14)15)6-9(7)11(18)10(17)4-5-16/h2-3,6,10-11,16-18H,4-5H2,1H3. The zero-order chi connectivity index (χ0) is 13.9. The molecule has 0 bridgehead atoms. The summed E-state index contributed by atoms with van der Waals surface area (Å²) in [7, 11) is 0. The van der Waals surface area contributed by atoms with Crippen molar-refractivity contribution < 1.29 is 28.5 Å². The lowest BCUT2D eigenvalue weighted by molar-refractivity contribution is -0.137. The number of benzene rings is 1. The third-order valence-corrected chi connectivity index (χ3v) is 2.71. The summed E-state index contributed by atoms with van der Waals surface area (Å²) in [6, 6.07) is 2.98. The van der Waals surface area contributed by atoms with Gasteiger partial charge < -0.3 is 15.3 Å². The quantitative estimate of drug-likeness (QED) is 0.777. The number of aryl methyl sites for hydroxylation is 1. The van der Waals surface area contributed by atoms with E-state index in [-0.39, 0.29) is 18.6 Å². The van der Waals surface area contributed by atoms with Crippen molar-refractivity contribution >= 4 is 0 Å². The van der Waals surface area contributed by atoms with E-state index in [1.54, 1.807) is 6.92 Å². The van der Waals surface area contributed by atoms with Crippen LogP contribution in [0.1, 0.15) is 29.2 Å². The summed E-state index contributed by atoms with van der Waals surface area (Å²) in [6.07, 6.45) is -7.34. The van der Waals surface area contributed by atoms with E-state index in [2.05, 4.69) is 0 Å². The van der Waals surface area contributed by atoms with Crippen LogP contribution in [0, 0.1) is 6.92 Å². The van der Waals surface area contributed by atoms with Crippen molar-refractivity contribution in [2.75, 3.05) is 6.61 Å². The number of alkyl halides is 3. The Morgan fingerprint density at radius 1 is 1.22 bits per heavy atom. The Hall–Kier alpha value is -1.11. The molecule has 1 aromatic carbocycles. The Labute approximate surface area is 103 Å². The smallest absolute Gasteiger partial charge is 0.396 e. The van der Waals surface area contributed by atoms with Gasteiger partial charge in [0.2, 0.25) is 0 Å². The van der Waals surface area contributed by atoms with Gasteiger partial charge in [-0.05, 0) is 36.6 Å². The fourth-order valence-corrected chi connectivity index (χ4v) is 1.63. The molecule has 2 unspecified atom stereocenters. The summed E-state index contributed by atoms with van der Waals surface area (Å²) < 4.78 is 37.6. The van der Waals surface area contributed by atoms with Crippen LogP contribution in [0.4, 0.5) is 13.2 Å². The van der Waals surface area contributed by atoms with E-state index >= 15 is 0 Å². The number of aliphatic hydroxyl groups is 3. The van der Waals surface area contributed by atoms with Gasteiger partial charge in [-0.1, -0.05) is 6.07 Å². The van der Waals surface area contributed by atoms with Gasteiger partial charge in [-0.25, -0.2) is 0 Å². The average Bonchev–Trinajstić information content (AvgIpc) is 2.27. The molecule has 0 fully saturated rings. The van der Waals surface area contributed by atoms with Gasteiger partial charge in [-0.2, -0.15) is 13.2 Å². The Bertz CT molecular complexity index is 404. The topological polar surface area (TPSA) is 60.7 Å². The molecule has 3 N–H and O–H groups in total. The Morgan fingerprint density at radius 2 is 1.83 bits per heavy atom. The summed E-state index contributed by atoms with van der Waals surface area (Å²) in [5.74, 6) is 0. The number of rotatable bonds is 4. The first kappa shape index (κ1) is 14.9. The third-order valence-electron chi connectivity index (χ3n) is 2.71. The first-order valence-electron chi connectivity index (χ1n) is 5.42. The van der Waals surface area contributed by atoms with Crippen LogP contribution in [0.25, 0.3) is 0 Å². The van der Waals surface area contributed by atoms with E-state index in [1.807, 2.05) is 0 Å². The van der Waals surface area contributed by atoms with Crippen molar-refractivity contribution in [2.24, 2.45) is 0 Å². The maximum atomic E-state index is 12.5. The van der Waals surface area contributed by atoms with Gasteiger partial charge in [0.15, 0.2) is 0 Å². The first-order chi connectivity index (χ1) is 8.27. The van der Waals surface area contributed by atoms with Crippen LogP contribution >= 0.6 is 0 Å². The second kappa shape index (κ2) is 5.69. The minimum Gasteiger partial charge on any atom is -0.396 e. The predicted molar refractivity (Wildman–Crippen MR) is 58.9 cm³/mol. The highest BCUT2D eigenvalue weighted by Gasteiger charge is 2.32. The molecule has 18 heavy (non-hydrogen) atoms. The fraction of sp³-hybridized carbons (Fsp3) is 0.500. The van der Waals surface area contributed by atoms with E-state index in [9.17, 15) is 23.4 Å². The zero-order valence-electron chi connectivity index (χ0n) is 9.78. The monoisotopic (exact) mass is 264 g/mol. The van der Waals surface area contributed by atoms with Crippen LogP contribution < -0.4 is 0 Å². The van der Waals surface area contributed by atoms with Gasteiger partial charge in [0.1, 0.15) is 6.10 Å². The summed E-state index contributed by atoms with van der Waals surface area (Å²) >= 11 is 0. The first-order valence-corrected chi connectivity index (χ1v) is 5.42. The van der Waals surface area contributed by atoms with Crippen LogP contribution in [0.2, 0.25) is 0 Å². The van der Waals surface area contributed by atoms with Gasteiger partial charge in [0.05, 0.1) is 11.7 Å². The van der Waals surface area contributed by atoms with Crippen molar-refractivity contribution in [3.05, 3.63) is 34.9 Å². The molecule has 0 aromatic heterocycles. The minimum atomic E-state index is -4.50. The molecule has 0 aliphatic carbocycles. The van der Waals surface area contributed by atoms with Gasteiger partial charge >= 0.3 is 6.18 Å². The van der Waals surface area contributed by atoms with E-state index in [0.717, 1.165) is 12.1 Å². The van der Waals surface area contributed by atoms with E-state index in [0.29, 0.717) is 5.56 Å². The lowest BCUT2D eigenvalue weighted by Gasteiger charge is -2.20. The molecule has 3 nitrogen and oxygen atoms in total. The Morgan fingerprint density at radius 3 is 2.33 bits per heavy atom. The van der Waals surface area contributed by atoms with Crippen LogP contribution in [-0.4, -0.2) is 28.0 Å². The SMILES string of the molecule is Cc1ccc(C(F)(F)F)cc1C(O)C(O)CCO. The molecule has 0 saturated heterocycles. The minimum absolute atomic E-state index is 0.0192. The molecule has 0 aliphatic rings. The molecule has 1 rings (SSSR count). The van der Waals surface area contributed by atoms with Gasteiger partial charge in [0.25, 0.3) is 0 Å². The zero-order valence-corrected chi connectivity index (χ0v) is 9.78. The number of hydrogen-bond donors (Lipinski definition) is 3. The van der Waals surface area contributed by atoms with Crippen molar-refractivity contribution in [1.82, 2.24) is 0 Å². The molecule has 0 radical (unpaired) electrons. The Balaban J connectivity index is 3.08.